The Morgan fingerprint density at radius 2 is 1.93 bits per heavy atom. The van der Waals surface area contributed by atoms with E-state index in [4.69, 9.17) is 0 Å². The van der Waals surface area contributed by atoms with Gasteiger partial charge in [0.2, 0.25) is 0 Å². The highest BCUT2D eigenvalue weighted by Crippen LogP contribution is 2.32. The Balaban J connectivity index is 2.12. The highest BCUT2D eigenvalue weighted by Gasteiger charge is 2.45. The zero-order valence-electron chi connectivity index (χ0n) is 9.87. The van der Waals surface area contributed by atoms with Crippen LogP contribution in [0.1, 0.15) is 32.6 Å². The molecule has 2 rings (SSSR count). The molecule has 15 heavy (non-hydrogen) atoms. The van der Waals surface area contributed by atoms with Gasteiger partial charge in [0.1, 0.15) is 5.54 Å². The highest BCUT2D eigenvalue weighted by atomic mass is 15.3. The maximum Gasteiger partial charge on any atom is 0.123 e. The predicted octanol–water partition coefficient (Wildman–Crippen LogP) is 1.46. The van der Waals surface area contributed by atoms with Crippen LogP contribution >= 0.6 is 0 Å². The minimum absolute atomic E-state index is 0.186. The SMILES string of the molecule is CC1CC(C#N)(N2CCCCC2)CN1C. The van der Waals surface area contributed by atoms with Crippen LogP contribution in [0, 0.1) is 11.3 Å². The smallest absolute Gasteiger partial charge is 0.123 e. The maximum absolute atomic E-state index is 9.49. The number of piperidine rings is 1. The molecule has 2 aliphatic heterocycles. The van der Waals surface area contributed by atoms with Crippen molar-refractivity contribution >= 4 is 0 Å². The Morgan fingerprint density at radius 1 is 1.27 bits per heavy atom. The van der Waals surface area contributed by atoms with E-state index in [1.165, 1.54) is 19.3 Å². The van der Waals surface area contributed by atoms with Crippen LogP contribution < -0.4 is 0 Å². The summed E-state index contributed by atoms with van der Waals surface area (Å²) in [6.07, 6.45) is 4.88. The molecule has 84 valence electrons. The zero-order chi connectivity index (χ0) is 10.9. The van der Waals surface area contributed by atoms with Crippen LogP contribution in [0.15, 0.2) is 0 Å². The summed E-state index contributed by atoms with van der Waals surface area (Å²) in [5.41, 5.74) is -0.186. The Kier molecular flexibility index (Phi) is 2.99. The van der Waals surface area contributed by atoms with Crippen LogP contribution in [0.4, 0.5) is 0 Å². The van der Waals surface area contributed by atoms with E-state index in [0.717, 1.165) is 26.1 Å². The maximum atomic E-state index is 9.49. The van der Waals surface area contributed by atoms with E-state index >= 15 is 0 Å². The molecule has 0 saturated carbocycles. The summed E-state index contributed by atoms with van der Waals surface area (Å²) in [4.78, 5) is 4.74. The van der Waals surface area contributed by atoms with Crippen LogP contribution in [0.3, 0.4) is 0 Å². The number of nitrogens with zero attached hydrogens (tertiary/aromatic N) is 3. The third-order valence-electron chi connectivity index (χ3n) is 4.07. The molecule has 2 aliphatic rings. The summed E-state index contributed by atoms with van der Waals surface area (Å²) in [5, 5.41) is 9.49. The van der Waals surface area contributed by atoms with Crippen LogP contribution in [-0.2, 0) is 0 Å². The van der Waals surface area contributed by atoms with E-state index in [2.05, 4.69) is 29.8 Å². The number of nitriles is 1. The minimum atomic E-state index is -0.186. The molecule has 3 nitrogen and oxygen atoms in total. The highest BCUT2D eigenvalue weighted by molar-refractivity contribution is 5.15. The molecule has 0 aromatic carbocycles. The molecule has 2 saturated heterocycles. The third-order valence-corrected chi connectivity index (χ3v) is 4.07. The van der Waals surface area contributed by atoms with Gasteiger partial charge in [-0.25, -0.2) is 0 Å². The minimum Gasteiger partial charge on any atom is -0.301 e. The van der Waals surface area contributed by atoms with Crippen molar-refractivity contribution in [2.24, 2.45) is 0 Å². The lowest BCUT2D eigenvalue weighted by atomic mass is 9.93. The molecule has 0 aromatic heterocycles. The molecule has 2 fully saturated rings. The van der Waals surface area contributed by atoms with Crippen molar-refractivity contribution in [1.82, 2.24) is 9.80 Å². The number of hydrogen-bond donors (Lipinski definition) is 0. The molecule has 0 spiro atoms. The third kappa shape index (κ3) is 1.89. The fourth-order valence-corrected chi connectivity index (χ4v) is 2.98. The van der Waals surface area contributed by atoms with E-state index in [1.807, 2.05) is 0 Å². The van der Waals surface area contributed by atoms with Crippen LogP contribution in [0.5, 0.6) is 0 Å². The lowest BCUT2D eigenvalue weighted by Gasteiger charge is -2.38. The average molecular weight is 207 g/mol. The van der Waals surface area contributed by atoms with Gasteiger partial charge in [0.05, 0.1) is 6.07 Å². The van der Waals surface area contributed by atoms with E-state index in [0.29, 0.717) is 6.04 Å². The summed E-state index contributed by atoms with van der Waals surface area (Å²) in [5.74, 6) is 0. The van der Waals surface area contributed by atoms with Crippen molar-refractivity contribution in [3.05, 3.63) is 0 Å². The average Bonchev–Trinajstić information content (AvgIpc) is 2.57. The molecule has 0 bridgehead atoms. The van der Waals surface area contributed by atoms with Gasteiger partial charge in [0, 0.05) is 12.6 Å². The second kappa shape index (κ2) is 4.11. The fraction of sp³-hybridized carbons (Fsp3) is 0.917. The molecule has 3 heteroatoms. The molecule has 2 atom stereocenters. The summed E-state index contributed by atoms with van der Waals surface area (Å²) in [7, 11) is 2.13. The molecule has 0 aromatic rings. The molecular formula is C12H21N3. The first-order chi connectivity index (χ1) is 7.18. The Hall–Kier alpha value is -0.590. The molecule has 0 aliphatic carbocycles. The lowest BCUT2D eigenvalue weighted by molar-refractivity contribution is 0.116. The van der Waals surface area contributed by atoms with Gasteiger partial charge in [-0.15, -0.1) is 0 Å². The molecule has 2 unspecified atom stereocenters. The molecule has 2 heterocycles. The first-order valence-corrected chi connectivity index (χ1v) is 6.04. The van der Waals surface area contributed by atoms with Gasteiger partial charge in [0.15, 0.2) is 0 Å². The Morgan fingerprint density at radius 3 is 2.40 bits per heavy atom. The monoisotopic (exact) mass is 207 g/mol. The van der Waals surface area contributed by atoms with Gasteiger partial charge in [-0.1, -0.05) is 6.42 Å². The van der Waals surface area contributed by atoms with E-state index in [-0.39, 0.29) is 5.54 Å². The summed E-state index contributed by atoms with van der Waals surface area (Å²) in [6, 6.07) is 3.14. The number of rotatable bonds is 1. The summed E-state index contributed by atoms with van der Waals surface area (Å²) in [6.45, 7) is 5.38. The fourth-order valence-electron chi connectivity index (χ4n) is 2.98. The topological polar surface area (TPSA) is 30.3 Å². The normalized spacial score (nSPS) is 39.1. The second-order valence-electron chi connectivity index (χ2n) is 5.16. The Bertz CT molecular complexity index is 253. The van der Waals surface area contributed by atoms with Crippen molar-refractivity contribution in [2.45, 2.75) is 44.2 Å². The summed E-state index contributed by atoms with van der Waals surface area (Å²) < 4.78 is 0. The van der Waals surface area contributed by atoms with Crippen LogP contribution in [-0.4, -0.2) is 48.1 Å². The molecule has 0 amide bonds. The Labute approximate surface area is 92.7 Å². The first kappa shape index (κ1) is 10.9. The van der Waals surface area contributed by atoms with Crippen molar-refractivity contribution in [3.8, 4) is 6.07 Å². The van der Waals surface area contributed by atoms with Crippen molar-refractivity contribution < 1.29 is 0 Å². The quantitative estimate of drug-likeness (QED) is 0.652. The van der Waals surface area contributed by atoms with Crippen LogP contribution in [0.2, 0.25) is 0 Å². The van der Waals surface area contributed by atoms with Gasteiger partial charge in [-0.3, -0.25) is 4.90 Å². The van der Waals surface area contributed by atoms with Crippen molar-refractivity contribution in [2.75, 3.05) is 26.7 Å². The van der Waals surface area contributed by atoms with E-state index in [1.54, 1.807) is 0 Å². The van der Waals surface area contributed by atoms with Crippen molar-refractivity contribution in [3.63, 3.8) is 0 Å². The second-order valence-corrected chi connectivity index (χ2v) is 5.16. The van der Waals surface area contributed by atoms with Gasteiger partial charge in [0.25, 0.3) is 0 Å². The zero-order valence-corrected chi connectivity index (χ0v) is 9.87. The van der Waals surface area contributed by atoms with Crippen LogP contribution in [0.25, 0.3) is 0 Å². The number of hydrogen-bond acceptors (Lipinski definition) is 3. The van der Waals surface area contributed by atoms with Gasteiger partial charge >= 0.3 is 0 Å². The van der Waals surface area contributed by atoms with E-state index in [9.17, 15) is 5.26 Å². The number of likely N-dealkylation sites (N-methyl/N-ethyl adjacent to an activating group) is 1. The molecular weight excluding hydrogens is 186 g/mol. The first-order valence-electron chi connectivity index (χ1n) is 6.04. The largest absolute Gasteiger partial charge is 0.301 e. The predicted molar refractivity (Wildman–Crippen MR) is 60.5 cm³/mol. The summed E-state index contributed by atoms with van der Waals surface area (Å²) >= 11 is 0. The van der Waals surface area contributed by atoms with Gasteiger partial charge in [-0.05, 0) is 46.3 Å². The van der Waals surface area contributed by atoms with Crippen molar-refractivity contribution in [1.29, 1.82) is 5.26 Å². The van der Waals surface area contributed by atoms with Gasteiger partial charge in [-0.2, -0.15) is 5.26 Å². The van der Waals surface area contributed by atoms with E-state index < -0.39 is 0 Å². The molecule has 0 N–H and O–H groups in total. The molecule has 0 radical (unpaired) electrons. The van der Waals surface area contributed by atoms with Gasteiger partial charge < -0.3 is 4.90 Å². The lowest BCUT2D eigenvalue weighted by Crippen LogP contribution is -2.51. The number of likely N-dealkylation sites (tertiary alicyclic amines) is 2. The standard InChI is InChI=1S/C12H21N3/c1-11-8-12(9-13,10-14(11)2)15-6-4-3-5-7-15/h11H,3-8,10H2,1-2H3.